The molecule has 4 aromatic carbocycles. The van der Waals surface area contributed by atoms with Gasteiger partial charge in [0.1, 0.15) is 5.75 Å². The van der Waals surface area contributed by atoms with Crippen LogP contribution in [-0.2, 0) is 0 Å². The summed E-state index contributed by atoms with van der Waals surface area (Å²) >= 11 is 0. The van der Waals surface area contributed by atoms with Crippen LogP contribution < -0.4 is 15.6 Å². The van der Waals surface area contributed by atoms with E-state index < -0.39 is 0 Å². The van der Waals surface area contributed by atoms with Gasteiger partial charge >= 0.3 is 6.92 Å². The maximum Gasteiger partial charge on any atom is 0.426 e. The maximum absolute atomic E-state index is 6.68. The average Bonchev–Trinajstić information content (AvgIpc) is 2.84. The summed E-state index contributed by atoms with van der Waals surface area (Å²) in [6.07, 6.45) is 0. The minimum absolute atomic E-state index is 0.204. The van der Waals surface area contributed by atoms with Gasteiger partial charge in [-0.3, -0.25) is 0 Å². The second kappa shape index (κ2) is 8.49. The first-order valence-electron chi connectivity index (χ1n) is 10.5. The molecule has 0 aliphatic heterocycles. The van der Waals surface area contributed by atoms with Gasteiger partial charge in [0, 0.05) is 10.9 Å². The Morgan fingerprint density at radius 1 is 0.645 bits per heavy atom. The number of benzene rings is 4. The van der Waals surface area contributed by atoms with Crippen molar-refractivity contribution in [2.75, 3.05) is 0 Å². The third kappa shape index (κ3) is 3.95. The summed E-state index contributed by atoms with van der Waals surface area (Å²) in [5.41, 5.74) is 6.35. The van der Waals surface area contributed by atoms with E-state index in [0.717, 1.165) is 33.4 Å². The van der Waals surface area contributed by atoms with E-state index in [1.165, 1.54) is 10.9 Å². The number of hydrogen-bond donors (Lipinski definition) is 0. The molecule has 0 radical (unpaired) electrons. The van der Waals surface area contributed by atoms with Gasteiger partial charge in [0.05, 0.1) is 11.2 Å². The first kappa shape index (κ1) is 19.1. The molecule has 0 saturated carbocycles. The largest absolute Gasteiger partial charge is 0.551 e. The average molecular weight is 399 g/mol. The van der Waals surface area contributed by atoms with Gasteiger partial charge in [0.15, 0.2) is 0 Å². The van der Waals surface area contributed by atoms with Crippen molar-refractivity contribution < 1.29 is 4.65 Å². The van der Waals surface area contributed by atoms with Crippen LogP contribution in [0.3, 0.4) is 0 Å². The van der Waals surface area contributed by atoms with Crippen LogP contribution in [0.2, 0.25) is 0 Å². The van der Waals surface area contributed by atoms with Gasteiger partial charge in [-0.2, -0.15) is 0 Å². The zero-order valence-electron chi connectivity index (χ0n) is 17.4. The zero-order chi connectivity index (χ0) is 21.0. The molecule has 148 valence electrons. The second-order valence-corrected chi connectivity index (χ2v) is 7.66. The van der Waals surface area contributed by atoms with E-state index in [9.17, 15) is 0 Å². The van der Waals surface area contributed by atoms with Gasteiger partial charge in [-0.15, -0.1) is 0 Å². The number of aromatic nitrogens is 1. The monoisotopic (exact) mass is 399 g/mol. The molecule has 5 rings (SSSR count). The molecule has 2 nitrogen and oxygen atoms in total. The smallest absolute Gasteiger partial charge is 0.426 e. The lowest BCUT2D eigenvalue weighted by Gasteiger charge is -2.19. The summed E-state index contributed by atoms with van der Waals surface area (Å²) in [5, 5.41) is 1.18. The summed E-state index contributed by atoms with van der Waals surface area (Å²) in [4.78, 5) is 4.94. The molecule has 0 spiro atoms. The SMILES string of the molecule is Cc1cc(-c2ccccc2OB(c2ccccc2)c2ccccc2)nc2ccccc12. The van der Waals surface area contributed by atoms with Gasteiger partial charge in [-0.1, -0.05) is 91.0 Å². The predicted molar refractivity (Wildman–Crippen MR) is 130 cm³/mol. The van der Waals surface area contributed by atoms with Crippen LogP contribution in [-0.4, -0.2) is 11.9 Å². The van der Waals surface area contributed by atoms with Gasteiger partial charge in [0.25, 0.3) is 0 Å². The third-order valence-electron chi connectivity index (χ3n) is 5.54. The standard InChI is InChI=1S/C28H22BNO/c1-21-20-27(30-26-18-10-8-16-24(21)26)25-17-9-11-19-28(25)31-29(22-12-4-2-5-13-22)23-14-6-3-7-15-23/h2-20H,1H3. The Morgan fingerprint density at radius 2 is 1.23 bits per heavy atom. The van der Waals surface area contributed by atoms with Crippen LogP contribution in [0.25, 0.3) is 22.2 Å². The molecule has 0 fully saturated rings. The Kier molecular flexibility index (Phi) is 5.24. The van der Waals surface area contributed by atoms with Crippen molar-refractivity contribution in [2.45, 2.75) is 6.92 Å². The lowest BCUT2D eigenvalue weighted by Crippen LogP contribution is -2.47. The molecule has 0 aliphatic carbocycles. The molecular formula is C28H22BNO. The van der Waals surface area contributed by atoms with Crippen LogP contribution in [0.5, 0.6) is 5.75 Å². The topological polar surface area (TPSA) is 22.1 Å². The summed E-state index contributed by atoms with van der Waals surface area (Å²) in [6.45, 7) is 1.93. The molecule has 0 N–H and O–H groups in total. The Morgan fingerprint density at radius 3 is 1.94 bits per heavy atom. The number of para-hydroxylation sites is 2. The van der Waals surface area contributed by atoms with Crippen LogP contribution in [0.4, 0.5) is 0 Å². The number of pyridine rings is 1. The van der Waals surface area contributed by atoms with Crippen molar-refractivity contribution >= 4 is 28.7 Å². The number of nitrogens with zero attached hydrogens (tertiary/aromatic N) is 1. The highest BCUT2D eigenvalue weighted by atomic mass is 16.4. The molecule has 5 aromatic rings. The van der Waals surface area contributed by atoms with Gasteiger partial charge < -0.3 is 4.65 Å². The van der Waals surface area contributed by atoms with Crippen molar-refractivity contribution in [3.05, 3.63) is 121 Å². The number of fused-ring (bicyclic) bond motifs is 1. The summed E-state index contributed by atoms with van der Waals surface area (Å²) in [5.74, 6) is 0.822. The highest BCUT2D eigenvalue weighted by Gasteiger charge is 2.24. The fourth-order valence-electron chi connectivity index (χ4n) is 3.98. The molecule has 1 heterocycles. The van der Waals surface area contributed by atoms with Crippen molar-refractivity contribution in [3.63, 3.8) is 0 Å². The third-order valence-corrected chi connectivity index (χ3v) is 5.54. The van der Waals surface area contributed by atoms with Crippen molar-refractivity contribution in [3.8, 4) is 17.0 Å². The van der Waals surface area contributed by atoms with Crippen molar-refractivity contribution in [2.24, 2.45) is 0 Å². The van der Waals surface area contributed by atoms with E-state index in [2.05, 4.69) is 85.8 Å². The minimum Gasteiger partial charge on any atom is -0.551 e. The summed E-state index contributed by atoms with van der Waals surface area (Å²) in [6, 6.07) is 39.3. The highest BCUT2D eigenvalue weighted by molar-refractivity contribution is 6.80. The van der Waals surface area contributed by atoms with E-state index in [4.69, 9.17) is 9.64 Å². The Bertz CT molecular complexity index is 1280. The number of rotatable bonds is 5. The van der Waals surface area contributed by atoms with E-state index in [1.807, 2.05) is 36.4 Å². The molecular weight excluding hydrogens is 377 g/mol. The van der Waals surface area contributed by atoms with Crippen LogP contribution in [0.15, 0.2) is 115 Å². The van der Waals surface area contributed by atoms with Crippen LogP contribution >= 0.6 is 0 Å². The lowest BCUT2D eigenvalue weighted by atomic mass is 9.55. The first-order chi connectivity index (χ1) is 15.3. The van der Waals surface area contributed by atoms with E-state index in [1.54, 1.807) is 0 Å². The van der Waals surface area contributed by atoms with Crippen molar-refractivity contribution in [1.29, 1.82) is 0 Å². The fourth-order valence-corrected chi connectivity index (χ4v) is 3.98. The molecule has 31 heavy (non-hydrogen) atoms. The molecule has 0 amide bonds. The Balaban J connectivity index is 1.60. The fraction of sp³-hybridized carbons (Fsp3) is 0.0357. The van der Waals surface area contributed by atoms with Gasteiger partial charge in [0.2, 0.25) is 0 Å². The predicted octanol–water partition coefficient (Wildman–Crippen LogP) is 5.39. The van der Waals surface area contributed by atoms with E-state index in [-0.39, 0.29) is 6.92 Å². The number of hydrogen-bond acceptors (Lipinski definition) is 2. The number of aryl methyl sites for hydroxylation is 1. The molecule has 0 aliphatic rings. The molecule has 0 unspecified atom stereocenters. The van der Waals surface area contributed by atoms with Gasteiger partial charge in [-0.05, 0) is 47.7 Å². The van der Waals surface area contributed by atoms with E-state index >= 15 is 0 Å². The zero-order valence-corrected chi connectivity index (χ0v) is 17.4. The van der Waals surface area contributed by atoms with Crippen LogP contribution in [0, 0.1) is 6.92 Å². The highest BCUT2D eigenvalue weighted by Crippen LogP contribution is 2.31. The summed E-state index contributed by atoms with van der Waals surface area (Å²) < 4.78 is 6.68. The van der Waals surface area contributed by atoms with Gasteiger partial charge in [-0.25, -0.2) is 4.98 Å². The Hall–Kier alpha value is -3.85. The molecule has 1 aromatic heterocycles. The second-order valence-electron chi connectivity index (χ2n) is 7.66. The van der Waals surface area contributed by atoms with Crippen molar-refractivity contribution in [1.82, 2.24) is 4.98 Å². The first-order valence-corrected chi connectivity index (χ1v) is 10.5. The Labute approximate surface area is 183 Å². The van der Waals surface area contributed by atoms with Crippen LogP contribution in [0.1, 0.15) is 5.56 Å². The van der Waals surface area contributed by atoms with E-state index in [0.29, 0.717) is 0 Å². The maximum atomic E-state index is 6.68. The molecule has 0 atom stereocenters. The summed E-state index contributed by atoms with van der Waals surface area (Å²) in [7, 11) is 0. The minimum atomic E-state index is -0.204. The molecule has 0 saturated heterocycles. The molecule has 3 heteroatoms. The quantitative estimate of drug-likeness (QED) is 0.370. The lowest BCUT2D eigenvalue weighted by molar-refractivity contribution is 0.593. The normalized spacial score (nSPS) is 10.7. The molecule has 0 bridgehead atoms.